The molecule has 0 aromatic heterocycles. The van der Waals surface area contributed by atoms with Crippen molar-refractivity contribution in [3.05, 3.63) is 52.9 Å². The summed E-state index contributed by atoms with van der Waals surface area (Å²) < 4.78 is 0.774. The van der Waals surface area contributed by atoms with Crippen molar-refractivity contribution < 1.29 is 4.74 Å². The van der Waals surface area contributed by atoms with Gasteiger partial charge >= 0.3 is 0 Å². The molecule has 0 bridgehead atoms. The van der Waals surface area contributed by atoms with E-state index in [9.17, 15) is 5.21 Å². The highest BCUT2D eigenvalue weighted by Gasteiger charge is 1.97. The normalized spacial score (nSPS) is 10.7. The third-order valence-corrected chi connectivity index (χ3v) is 1.57. The first-order valence-electron chi connectivity index (χ1n) is 3.93. The Kier molecular flexibility index (Phi) is 3.07. The third kappa shape index (κ3) is 2.62. The molecule has 0 aliphatic carbocycles. The minimum Gasteiger partial charge on any atom is -0.624 e. The van der Waals surface area contributed by atoms with Crippen molar-refractivity contribution in [2.24, 2.45) is 0 Å². The third-order valence-electron chi connectivity index (χ3n) is 1.57. The quantitative estimate of drug-likeness (QED) is 0.221. The van der Waals surface area contributed by atoms with E-state index in [-0.39, 0.29) is 0 Å². The van der Waals surface area contributed by atoms with Crippen LogP contribution < -0.4 is 0 Å². The summed E-state index contributed by atoms with van der Waals surface area (Å²) in [6, 6.07) is 7.58. The van der Waals surface area contributed by atoms with Crippen LogP contribution in [0.3, 0.4) is 0 Å². The molecule has 0 radical (unpaired) electrons. The average Bonchev–Trinajstić information content (AvgIpc) is 2.08. The predicted molar refractivity (Wildman–Crippen MR) is 54.8 cm³/mol. The number of hydroxylamine groups is 1. The zero-order chi connectivity index (χ0) is 9.68. The lowest BCUT2D eigenvalue weighted by Crippen LogP contribution is -1.98. The fraction of sp³-hybridized carbons (Fsp3) is 0.0909. The first kappa shape index (κ1) is 9.30. The molecule has 66 valence electrons. The van der Waals surface area contributed by atoms with E-state index in [2.05, 4.69) is 12.3 Å². The maximum Gasteiger partial charge on any atom is 0.182 e. The summed E-state index contributed by atoms with van der Waals surface area (Å²) in [6.45, 7) is 3.49. The molecule has 0 atom stereocenters. The van der Waals surface area contributed by atoms with Crippen LogP contribution in [-0.2, 0) is 0 Å². The molecule has 0 N–H and O–H groups in total. The molecule has 0 saturated carbocycles. The summed E-state index contributed by atoms with van der Waals surface area (Å²) in [7, 11) is 1.45. The molecule has 0 unspecified atom stereocenters. The number of benzene rings is 1. The Morgan fingerprint density at radius 1 is 1.38 bits per heavy atom. The Bertz CT molecular complexity index is 369. The van der Waals surface area contributed by atoms with Gasteiger partial charge in [-0.15, -0.1) is 5.73 Å². The maximum atomic E-state index is 10.8. The van der Waals surface area contributed by atoms with Gasteiger partial charge in [0, 0.05) is 5.56 Å². The van der Waals surface area contributed by atoms with E-state index in [4.69, 9.17) is 0 Å². The van der Waals surface area contributed by atoms with Gasteiger partial charge in [-0.1, -0.05) is 24.8 Å². The number of rotatable bonds is 2. The number of hydrogen-bond acceptors (Lipinski definition) is 1. The van der Waals surface area contributed by atoms with Gasteiger partial charge in [0.1, 0.15) is 7.05 Å². The SMILES string of the molecule is C=C=Cc1ccccc1/C=[N+](/C)[O-]. The lowest BCUT2D eigenvalue weighted by atomic mass is 10.1. The fourth-order valence-corrected chi connectivity index (χ4v) is 1.07. The second-order valence-electron chi connectivity index (χ2n) is 2.65. The van der Waals surface area contributed by atoms with E-state index in [0.717, 1.165) is 15.9 Å². The number of nitrogens with zero attached hydrogens (tertiary/aromatic N) is 1. The van der Waals surface area contributed by atoms with Crippen LogP contribution >= 0.6 is 0 Å². The Labute approximate surface area is 77.7 Å². The van der Waals surface area contributed by atoms with Crippen molar-refractivity contribution in [3.63, 3.8) is 0 Å². The second-order valence-corrected chi connectivity index (χ2v) is 2.65. The van der Waals surface area contributed by atoms with Crippen LogP contribution in [0.25, 0.3) is 6.08 Å². The van der Waals surface area contributed by atoms with E-state index in [1.165, 1.54) is 13.3 Å². The highest BCUT2D eigenvalue weighted by atomic mass is 16.5. The molecule has 1 aromatic rings. The van der Waals surface area contributed by atoms with Gasteiger partial charge in [-0.25, -0.2) is 4.74 Å². The first-order valence-corrected chi connectivity index (χ1v) is 3.93. The number of hydrogen-bond donors (Lipinski definition) is 0. The molecule has 0 spiro atoms. The lowest BCUT2D eigenvalue weighted by Gasteiger charge is -1.99. The highest BCUT2D eigenvalue weighted by molar-refractivity contribution is 5.82. The summed E-state index contributed by atoms with van der Waals surface area (Å²) in [4.78, 5) is 0. The van der Waals surface area contributed by atoms with Gasteiger partial charge in [-0.3, -0.25) is 0 Å². The van der Waals surface area contributed by atoms with Crippen molar-refractivity contribution >= 4 is 12.3 Å². The van der Waals surface area contributed by atoms with Crippen molar-refractivity contribution in [3.8, 4) is 0 Å². The smallest absolute Gasteiger partial charge is 0.182 e. The van der Waals surface area contributed by atoms with Crippen LogP contribution in [0.1, 0.15) is 11.1 Å². The van der Waals surface area contributed by atoms with E-state index in [1.807, 2.05) is 24.3 Å². The van der Waals surface area contributed by atoms with Gasteiger partial charge in [-0.2, -0.15) is 0 Å². The Morgan fingerprint density at radius 2 is 2.00 bits per heavy atom. The Balaban J connectivity index is 3.19. The molecule has 0 aliphatic rings. The Morgan fingerprint density at radius 3 is 2.54 bits per heavy atom. The van der Waals surface area contributed by atoms with Crippen LogP contribution in [0.15, 0.2) is 36.6 Å². The molecule has 0 heterocycles. The molecule has 1 rings (SSSR count). The highest BCUT2D eigenvalue weighted by Crippen LogP contribution is 2.07. The van der Waals surface area contributed by atoms with Crippen molar-refractivity contribution in [1.29, 1.82) is 0 Å². The van der Waals surface area contributed by atoms with E-state index >= 15 is 0 Å². The lowest BCUT2D eigenvalue weighted by molar-refractivity contribution is -0.416. The molecular weight excluding hydrogens is 162 g/mol. The summed E-state index contributed by atoms with van der Waals surface area (Å²) in [5.74, 6) is 0. The predicted octanol–water partition coefficient (Wildman–Crippen LogP) is 2.04. The minimum absolute atomic E-state index is 0.774. The van der Waals surface area contributed by atoms with E-state index in [1.54, 1.807) is 6.08 Å². The van der Waals surface area contributed by atoms with E-state index < -0.39 is 0 Å². The van der Waals surface area contributed by atoms with Crippen LogP contribution in [0.4, 0.5) is 0 Å². The van der Waals surface area contributed by atoms with Crippen LogP contribution in [-0.4, -0.2) is 18.0 Å². The first-order chi connectivity index (χ1) is 6.24. The largest absolute Gasteiger partial charge is 0.624 e. The maximum absolute atomic E-state index is 10.8. The van der Waals surface area contributed by atoms with Crippen molar-refractivity contribution in [1.82, 2.24) is 0 Å². The standard InChI is InChI=1S/C11H11NO/c1-3-6-10-7-4-5-8-11(10)9-12(2)13/h4-9H,1H2,2H3/b12-9-. The summed E-state index contributed by atoms with van der Waals surface area (Å²) >= 11 is 0. The fourth-order valence-electron chi connectivity index (χ4n) is 1.07. The summed E-state index contributed by atoms with van der Waals surface area (Å²) in [6.07, 6.45) is 3.26. The second kappa shape index (κ2) is 4.29. The van der Waals surface area contributed by atoms with Gasteiger partial charge in [-0.05, 0) is 17.7 Å². The molecule has 0 aliphatic heterocycles. The molecule has 2 heteroatoms. The van der Waals surface area contributed by atoms with Crippen LogP contribution in [0.5, 0.6) is 0 Å². The van der Waals surface area contributed by atoms with Gasteiger partial charge < -0.3 is 5.21 Å². The molecular formula is C11H11NO. The zero-order valence-electron chi connectivity index (χ0n) is 7.53. The summed E-state index contributed by atoms with van der Waals surface area (Å²) in [5.41, 5.74) is 4.50. The molecule has 13 heavy (non-hydrogen) atoms. The molecule has 1 aromatic carbocycles. The molecule has 2 nitrogen and oxygen atoms in total. The zero-order valence-corrected chi connectivity index (χ0v) is 7.53. The van der Waals surface area contributed by atoms with Crippen LogP contribution in [0, 0.1) is 5.21 Å². The average molecular weight is 173 g/mol. The monoisotopic (exact) mass is 173 g/mol. The summed E-state index contributed by atoms with van der Waals surface area (Å²) in [5, 5.41) is 10.8. The molecule has 0 fully saturated rings. The van der Waals surface area contributed by atoms with Crippen molar-refractivity contribution in [2.45, 2.75) is 0 Å². The topological polar surface area (TPSA) is 26.1 Å². The molecule has 0 saturated heterocycles. The van der Waals surface area contributed by atoms with Crippen molar-refractivity contribution in [2.75, 3.05) is 7.05 Å². The van der Waals surface area contributed by atoms with Gasteiger partial charge in [0.05, 0.1) is 0 Å². The van der Waals surface area contributed by atoms with Gasteiger partial charge in [0.15, 0.2) is 6.21 Å². The minimum atomic E-state index is 0.774. The van der Waals surface area contributed by atoms with Gasteiger partial charge in [0.25, 0.3) is 0 Å². The van der Waals surface area contributed by atoms with E-state index in [0.29, 0.717) is 0 Å². The van der Waals surface area contributed by atoms with Gasteiger partial charge in [0.2, 0.25) is 0 Å². The molecule has 0 amide bonds. The van der Waals surface area contributed by atoms with Crippen LogP contribution in [0.2, 0.25) is 0 Å². The Hall–Kier alpha value is -1.79.